The molecule has 2 aromatic carbocycles. The Balaban J connectivity index is 1.49. The number of fused-ring (bicyclic) bond motifs is 1. The minimum atomic E-state index is -1.01. The first-order valence-corrected chi connectivity index (χ1v) is 8.62. The smallest absolute Gasteiger partial charge is 0.263 e. The van der Waals surface area contributed by atoms with E-state index >= 15 is 0 Å². The molecule has 0 unspecified atom stereocenters. The number of hydrogen-bond donors (Lipinski definition) is 1. The normalized spacial score (nSPS) is 20.6. The molecule has 2 atom stereocenters. The van der Waals surface area contributed by atoms with Gasteiger partial charge in [-0.3, -0.25) is 19.4 Å². The van der Waals surface area contributed by atoms with Gasteiger partial charge >= 0.3 is 0 Å². The fraction of sp³-hybridized carbons (Fsp3) is 0.211. The van der Waals surface area contributed by atoms with Crippen LogP contribution in [-0.4, -0.2) is 41.4 Å². The molecule has 8 nitrogen and oxygen atoms in total. The summed E-state index contributed by atoms with van der Waals surface area (Å²) < 4.78 is 13.1. The van der Waals surface area contributed by atoms with Crippen LogP contribution in [0.25, 0.3) is 0 Å². The summed E-state index contributed by atoms with van der Waals surface area (Å²) in [5, 5.41) is 11.7. The number of hydrogen-bond acceptors (Lipinski definition) is 6. The molecule has 2 aromatic rings. The zero-order valence-electron chi connectivity index (χ0n) is 14.9. The summed E-state index contributed by atoms with van der Waals surface area (Å²) in [5.74, 6) is -1.95. The molecule has 2 aliphatic rings. The Hall–Kier alpha value is -3.62. The molecule has 1 saturated heterocycles. The summed E-state index contributed by atoms with van der Waals surface area (Å²) in [6.07, 6.45) is 0. The molecular weight excluding hydrogens is 365 g/mol. The Bertz CT molecular complexity index is 991. The number of benzene rings is 2. The average molecular weight is 381 g/mol. The van der Waals surface area contributed by atoms with Crippen molar-refractivity contribution in [3.05, 3.63) is 59.9 Å². The molecule has 1 N–H and O–H groups in total. The standard InChI is InChI=1S/C19H16FN5O3/c1-11-4-2-3-5-14(11)21-15(26)10-24-17-16(22-23-24)18(27)25(19(17)28)13-8-6-12(20)7-9-13/h2-9,16-17H,10H2,1H3,(H,21,26)/t16-,17+/m0/s1. The van der Waals surface area contributed by atoms with Crippen molar-refractivity contribution in [2.75, 3.05) is 16.8 Å². The van der Waals surface area contributed by atoms with Gasteiger partial charge in [0.15, 0.2) is 12.1 Å². The zero-order chi connectivity index (χ0) is 19.8. The number of nitrogens with zero attached hydrogens (tertiary/aromatic N) is 4. The maximum atomic E-state index is 13.1. The summed E-state index contributed by atoms with van der Waals surface area (Å²) in [4.78, 5) is 38.7. The van der Waals surface area contributed by atoms with Crippen LogP contribution >= 0.6 is 0 Å². The van der Waals surface area contributed by atoms with Crippen LogP contribution in [0.2, 0.25) is 0 Å². The number of amides is 3. The molecule has 0 bridgehead atoms. The number of nitrogens with one attached hydrogen (secondary N) is 1. The topological polar surface area (TPSA) is 94.4 Å². The van der Waals surface area contributed by atoms with Gasteiger partial charge in [-0.05, 0) is 42.8 Å². The number of anilines is 2. The lowest BCUT2D eigenvalue weighted by molar-refractivity contribution is -0.123. The molecule has 0 aliphatic carbocycles. The van der Waals surface area contributed by atoms with Gasteiger partial charge in [0.2, 0.25) is 5.91 Å². The van der Waals surface area contributed by atoms with Crippen molar-refractivity contribution >= 4 is 29.1 Å². The minimum absolute atomic E-state index is 0.227. The van der Waals surface area contributed by atoms with E-state index in [9.17, 15) is 18.8 Å². The highest BCUT2D eigenvalue weighted by Crippen LogP contribution is 2.31. The van der Waals surface area contributed by atoms with Crippen molar-refractivity contribution in [3.63, 3.8) is 0 Å². The van der Waals surface area contributed by atoms with E-state index in [1.54, 1.807) is 12.1 Å². The van der Waals surface area contributed by atoms with Crippen LogP contribution in [0.15, 0.2) is 58.9 Å². The summed E-state index contributed by atoms with van der Waals surface area (Å²) in [5.41, 5.74) is 1.80. The van der Waals surface area contributed by atoms with Crippen molar-refractivity contribution in [2.24, 2.45) is 10.3 Å². The van der Waals surface area contributed by atoms with E-state index in [1.807, 2.05) is 19.1 Å². The van der Waals surface area contributed by atoms with E-state index in [1.165, 1.54) is 29.3 Å². The van der Waals surface area contributed by atoms with Crippen LogP contribution in [0.4, 0.5) is 15.8 Å². The first-order chi connectivity index (χ1) is 13.5. The molecule has 0 radical (unpaired) electrons. The minimum Gasteiger partial charge on any atom is -0.324 e. The average Bonchev–Trinajstić information content (AvgIpc) is 3.18. The molecule has 2 heterocycles. The van der Waals surface area contributed by atoms with Gasteiger partial charge in [-0.1, -0.05) is 23.4 Å². The molecule has 0 spiro atoms. The summed E-state index contributed by atoms with van der Waals surface area (Å²) in [7, 11) is 0. The van der Waals surface area contributed by atoms with Gasteiger partial charge in [0, 0.05) is 5.69 Å². The summed E-state index contributed by atoms with van der Waals surface area (Å²) in [6.45, 7) is 1.64. The number of aryl methyl sites for hydroxylation is 1. The quantitative estimate of drug-likeness (QED) is 0.821. The van der Waals surface area contributed by atoms with E-state index in [4.69, 9.17) is 0 Å². The van der Waals surface area contributed by atoms with Gasteiger partial charge < -0.3 is 5.32 Å². The molecule has 1 fully saturated rings. The molecule has 28 heavy (non-hydrogen) atoms. The number of imide groups is 1. The number of rotatable bonds is 4. The molecule has 2 aliphatic heterocycles. The van der Waals surface area contributed by atoms with Gasteiger partial charge in [-0.25, -0.2) is 9.29 Å². The number of para-hydroxylation sites is 1. The Kier molecular flexibility index (Phi) is 4.34. The number of carbonyl (C=O) groups is 3. The zero-order valence-corrected chi connectivity index (χ0v) is 14.9. The molecule has 3 amide bonds. The first kappa shape index (κ1) is 17.8. The maximum Gasteiger partial charge on any atom is 0.263 e. The number of carbonyl (C=O) groups excluding carboxylic acids is 3. The largest absolute Gasteiger partial charge is 0.324 e. The number of halogens is 1. The Morgan fingerprint density at radius 2 is 1.82 bits per heavy atom. The summed E-state index contributed by atoms with van der Waals surface area (Å²) in [6, 6.07) is 10.3. The van der Waals surface area contributed by atoms with Crippen molar-refractivity contribution < 1.29 is 18.8 Å². The fourth-order valence-corrected chi connectivity index (χ4v) is 3.25. The van der Waals surface area contributed by atoms with Crippen LogP contribution in [0.3, 0.4) is 0 Å². The third-order valence-corrected chi connectivity index (χ3v) is 4.67. The van der Waals surface area contributed by atoms with E-state index in [0.29, 0.717) is 5.69 Å². The van der Waals surface area contributed by atoms with E-state index in [0.717, 1.165) is 10.5 Å². The molecule has 142 valence electrons. The lowest BCUT2D eigenvalue weighted by atomic mass is 10.1. The van der Waals surface area contributed by atoms with Gasteiger partial charge in [-0.2, -0.15) is 5.11 Å². The van der Waals surface area contributed by atoms with Crippen LogP contribution < -0.4 is 10.2 Å². The van der Waals surface area contributed by atoms with Gasteiger partial charge in [-0.15, -0.1) is 0 Å². The van der Waals surface area contributed by atoms with Crippen LogP contribution in [0, 0.1) is 12.7 Å². The predicted octanol–water partition coefficient (Wildman–Crippen LogP) is 2.07. The first-order valence-electron chi connectivity index (χ1n) is 8.62. The van der Waals surface area contributed by atoms with E-state index in [-0.39, 0.29) is 18.1 Å². The third-order valence-electron chi connectivity index (χ3n) is 4.67. The second kappa shape index (κ2) is 6.84. The maximum absolute atomic E-state index is 13.1. The fourth-order valence-electron chi connectivity index (χ4n) is 3.25. The van der Waals surface area contributed by atoms with Crippen molar-refractivity contribution in [1.82, 2.24) is 5.01 Å². The Morgan fingerprint density at radius 3 is 2.54 bits per heavy atom. The van der Waals surface area contributed by atoms with E-state index in [2.05, 4.69) is 15.7 Å². The van der Waals surface area contributed by atoms with Crippen LogP contribution in [0.1, 0.15) is 5.56 Å². The third kappa shape index (κ3) is 3.00. The van der Waals surface area contributed by atoms with Crippen LogP contribution in [-0.2, 0) is 14.4 Å². The Morgan fingerprint density at radius 1 is 1.11 bits per heavy atom. The van der Waals surface area contributed by atoms with Crippen molar-refractivity contribution in [2.45, 2.75) is 19.0 Å². The predicted molar refractivity (Wildman–Crippen MR) is 97.8 cm³/mol. The second-order valence-corrected chi connectivity index (χ2v) is 6.54. The highest BCUT2D eigenvalue weighted by molar-refractivity contribution is 6.25. The highest BCUT2D eigenvalue weighted by atomic mass is 19.1. The molecular formula is C19H16FN5O3. The van der Waals surface area contributed by atoms with Crippen molar-refractivity contribution in [3.8, 4) is 0 Å². The van der Waals surface area contributed by atoms with Crippen molar-refractivity contribution in [1.29, 1.82) is 0 Å². The van der Waals surface area contributed by atoms with E-state index < -0.39 is 29.7 Å². The Labute approximate surface area is 159 Å². The SMILES string of the molecule is Cc1ccccc1NC(=O)CN1N=N[C@@H]2C(=O)N(c3ccc(F)cc3)C(=O)[C@@H]21. The monoisotopic (exact) mass is 381 g/mol. The molecule has 0 saturated carbocycles. The molecule has 9 heteroatoms. The summed E-state index contributed by atoms with van der Waals surface area (Å²) >= 11 is 0. The highest BCUT2D eigenvalue weighted by Gasteiger charge is 2.55. The van der Waals surface area contributed by atoms with Gasteiger partial charge in [0.05, 0.1) is 5.69 Å². The van der Waals surface area contributed by atoms with Gasteiger partial charge in [0.25, 0.3) is 11.8 Å². The molecule has 0 aromatic heterocycles. The lowest BCUT2D eigenvalue weighted by Gasteiger charge is -2.20. The molecule has 4 rings (SSSR count). The second-order valence-electron chi connectivity index (χ2n) is 6.54. The van der Waals surface area contributed by atoms with Crippen LogP contribution in [0.5, 0.6) is 0 Å². The van der Waals surface area contributed by atoms with Gasteiger partial charge in [0.1, 0.15) is 12.4 Å². The lowest BCUT2D eigenvalue weighted by Crippen LogP contribution is -2.43.